The van der Waals surface area contributed by atoms with E-state index in [2.05, 4.69) is 0 Å². The Morgan fingerprint density at radius 3 is 2.57 bits per heavy atom. The molecule has 0 rings (SSSR count). The molecule has 0 aromatic heterocycles. The molecule has 0 spiro atoms. The predicted octanol–water partition coefficient (Wildman–Crippen LogP) is -0.187. The van der Waals surface area contributed by atoms with Crippen LogP contribution in [0.5, 0.6) is 0 Å². The van der Waals surface area contributed by atoms with Crippen LogP contribution in [0.25, 0.3) is 0 Å². The maximum Gasteiger partial charge on any atom is -0.00768 e. The van der Waals surface area contributed by atoms with E-state index in [1.165, 1.54) is 0 Å². The van der Waals surface area contributed by atoms with Gasteiger partial charge in [0.25, 0.3) is 0 Å². The number of nitrogens with two attached hydrogens (primary N) is 1. The van der Waals surface area contributed by atoms with E-state index in [1.807, 2.05) is 0 Å². The summed E-state index contributed by atoms with van der Waals surface area (Å²) in [6.45, 7) is 1.22. The second kappa shape index (κ2) is 5.88. The Labute approximate surface area is 43.5 Å². The minimum Gasteiger partial charge on any atom is -0.788 e. The van der Waals surface area contributed by atoms with Crippen LogP contribution in [0.1, 0.15) is 12.8 Å². The first-order valence-electron chi connectivity index (χ1n) is 2.47. The van der Waals surface area contributed by atoms with E-state index in [9.17, 15) is 5.21 Å². The quantitative estimate of drug-likeness (QED) is 0.383. The van der Waals surface area contributed by atoms with E-state index < -0.39 is 0 Å². The summed E-state index contributed by atoms with van der Waals surface area (Å²) in [5.41, 5.74) is 6.94. The van der Waals surface area contributed by atoms with Crippen molar-refractivity contribution in [2.24, 2.45) is 5.73 Å². The lowest BCUT2D eigenvalue weighted by atomic mass is 10.3. The maximum absolute atomic E-state index is 9.51. The standard InChI is InChI=1S/C4H11N2O/c5-3-1-2-4-6-7/h6H,1-5H2/q-1. The molecule has 7 heavy (non-hydrogen) atoms. The van der Waals surface area contributed by atoms with Crippen molar-refractivity contribution in [3.05, 3.63) is 5.21 Å². The van der Waals surface area contributed by atoms with Gasteiger partial charge in [0.05, 0.1) is 0 Å². The first-order chi connectivity index (χ1) is 3.41. The van der Waals surface area contributed by atoms with E-state index in [0.29, 0.717) is 13.1 Å². The molecule has 0 aliphatic carbocycles. The Hall–Kier alpha value is -0.120. The fourth-order valence-electron chi connectivity index (χ4n) is 0.342. The molecule has 0 aromatic carbocycles. The fourth-order valence-corrected chi connectivity index (χ4v) is 0.342. The average Bonchev–Trinajstić information content (AvgIpc) is 1.69. The zero-order valence-corrected chi connectivity index (χ0v) is 4.31. The molecule has 0 saturated heterocycles. The highest BCUT2D eigenvalue weighted by atomic mass is 16.5. The molecule has 0 bridgehead atoms. The summed E-state index contributed by atoms with van der Waals surface area (Å²) in [7, 11) is 0. The van der Waals surface area contributed by atoms with Gasteiger partial charge in [-0.3, -0.25) is 0 Å². The summed E-state index contributed by atoms with van der Waals surface area (Å²) >= 11 is 0. The molecule has 0 heterocycles. The molecule has 0 atom stereocenters. The number of hydrogen-bond donors (Lipinski definition) is 2. The van der Waals surface area contributed by atoms with Crippen LogP contribution in [0.15, 0.2) is 0 Å². The molecule has 0 aliphatic heterocycles. The maximum atomic E-state index is 9.51. The molecule has 0 amide bonds. The second-order valence-electron chi connectivity index (χ2n) is 1.39. The van der Waals surface area contributed by atoms with Crippen LogP contribution in [0.4, 0.5) is 0 Å². The number of hydroxylamine groups is 1. The van der Waals surface area contributed by atoms with Crippen molar-refractivity contribution < 1.29 is 0 Å². The van der Waals surface area contributed by atoms with Crippen molar-refractivity contribution in [3.8, 4) is 0 Å². The van der Waals surface area contributed by atoms with Gasteiger partial charge in [-0.25, -0.2) is 0 Å². The van der Waals surface area contributed by atoms with Gasteiger partial charge < -0.3 is 16.4 Å². The van der Waals surface area contributed by atoms with Gasteiger partial charge in [0, 0.05) is 0 Å². The highest BCUT2D eigenvalue weighted by molar-refractivity contribution is 4.45. The van der Waals surface area contributed by atoms with E-state index in [1.54, 1.807) is 5.48 Å². The highest BCUT2D eigenvalue weighted by Gasteiger charge is 1.76. The highest BCUT2D eigenvalue weighted by Crippen LogP contribution is 1.79. The lowest BCUT2D eigenvalue weighted by molar-refractivity contribution is 0.705. The SMILES string of the molecule is NCCCCN[O-]. The summed E-state index contributed by atoms with van der Waals surface area (Å²) in [6, 6.07) is 0. The van der Waals surface area contributed by atoms with Crippen LogP contribution in [0, 0.1) is 5.21 Å². The van der Waals surface area contributed by atoms with Gasteiger partial charge in [0.2, 0.25) is 0 Å². The zero-order chi connectivity index (χ0) is 5.54. The Morgan fingerprint density at radius 1 is 1.43 bits per heavy atom. The molecule has 0 saturated carbocycles. The van der Waals surface area contributed by atoms with Gasteiger partial charge in [-0.1, -0.05) is 0 Å². The van der Waals surface area contributed by atoms with E-state index >= 15 is 0 Å². The van der Waals surface area contributed by atoms with Crippen LogP contribution in [-0.4, -0.2) is 13.1 Å². The first kappa shape index (κ1) is 6.88. The first-order valence-corrected chi connectivity index (χ1v) is 2.47. The molecule has 3 heteroatoms. The molecule has 3 N–H and O–H groups in total. The third kappa shape index (κ3) is 5.88. The monoisotopic (exact) mass is 103 g/mol. The van der Waals surface area contributed by atoms with Crippen LogP contribution >= 0.6 is 0 Å². The minimum absolute atomic E-state index is 0.539. The summed E-state index contributed by atoms with van der Waals surface area (Å²) in [5, 5.41) is 9.51. The van der Waals surface area contributed by atoms with Crippen molar-refractivity contribution in [1.82, 2.24) is 5.48 Å². The molecular formula is C4H11N2O-. The van der Waals surface area contributed by atoms with Gasteiger partial charge in [0.15, 0.2) is 0 Å². The van der Waals surface area contributed by atoms with E-state index in [-0.39, 0.29) is 0 Å². The number of rotatable bonds is 4. The largest absolute Gasteiger partial charge is 0.788 e. The lowest BCUT2D eigenvalue weighted by Gasteiger charge is -2.03. The summed E-state index contributed by atoms with van der Waals surface area (Å²) in [4.78, 5) is 0. The second-order valence-corrected chi connectivity index (χ2v) is 1.39. The van der Waals surface area contributed by atoms with Crippen LogP contribution in [-0.2, 0) is 0 Å². The van der Waals surface area contributed by atoms with Gasteiger partial charge in [0.1, 0.15) is 0 Å². The van der Waals surface area contributed by atoms with Crippen LogP contribution in [0.3, 0.4) is 0 Å². The van der Waals surface area contributed by atoms with Gasteiger partial charge >= 0.3 is 0 Å². The number of unbranched alkanes of at least 4 members (excludes halogenated alkanes) is 1. The third-order valence-electron chi connectivity index (χ3n) is 0.733. The fraction of sp³-hybridized carbons (Fsp3) is 1.00. The summed E-state index contributed by atoms with van der Waals surface area (Å²) in [5.74, 6) is 0. The van der Waals surface area contributed by atoms with E-state index in [0.717, 1.165) is 12.8 Å². The summed E-state index contributed by atoms with van der Waals surface area (Å²) in [6.07, 6.45) is 1.83. The number of hydrogen-bond acceptors (Lipinski definition) is 3. The molecule has 44 valence electrons. The Morgan fingerprint density at radius 2 is 2.14 bits per heavy atom. The van der Waals surface area contributed by atoms with E-state index in [4.69, 9.17) is 5.73 Å². The van der Waals surface area contributed by atoms with Crippen molar-refractivity contribution in [2.75, 3.05) is 13.1 Å². The zero-order valence-electron chi connectivity index (χ0n) is 4.31. The van der Waals surface area contributed by atoms with Gasteiger partial charge in [-0.05, 0) is 25.9 Å². The third-order valence-corrected chi connectivity index (χ3v) is 0.733. The van der Waals surface area contributed by atoms with Crippen molar-refractivity contribution in [2.45, 2.75) is 12.8 Å². The summed E-state index contributed by atoms with van der Waals surface area (Å²) < 4.78 is 0. The molecule has 0 radical (unpaired) electrons. The molecular weight excluding hydrogens is 92.1 g/mol. The molecule has 3 nitrogen and oxygen atoms in total. The average molecular weight is 103 g/mol. The van der Waals surface area contributed by atoms with Crippen LogP contribution in [0.2, 0.25) is 0 Å². The minimum atomic E-state index is 0.539. The molecule has 0 unspecified atom stereocenters. The molecule has 0 aromatic rings. The Kier molecular flexibility index (Phi) is 5.78. The Balaban J connectivity index is 2.45. The predicted molar refractivity (Wildman–Crippen MR) is 29.7 cm³/mol. The van der Waals surface area contributed by atoms with Crippen molar-refractivity contribution in [3.63, 3.8) is 0 Å². The topological polar surface area (TPSA) is 61.1 Å². The smallest absolute Gasteiger partial charge is 0.00768 e. The molecule has 0 fully saturated rings. The van der Waals surface area contributed by atoms with Crippen molar-refractivity contribution >= 4 is 0 Å². The molecule has 0 aliphatic rings. The van der Waals surface area contributed by atoms with Crippen molar-refractivity contribution in [1.29, 1.82) is 0 Å². The number of nitrogens with one attached hydrogen (secondary N) is 1. The lowest BCUT2D eigenvalue weighted by Crippen LogP contribution is -2.07. The Bertz CT molecular complexity index is 28.9. The van der Waals surface area contributed by atoms with Crippen LogP contribution < -0.4 is 11.2 Å². The van der Waals surface area contributed by atoms with Gasteiger partial charge in [-0.2, -0.15) is 0 Å². The normalized spacial score (nSPS) is 9.43. The van der Waals surface area contributed by atoms with Gasteiger partial charge in [-0.15, -0.1) is 0 Å².